The van der Waals surface area contributed by atoms with Crippen LogP contribution in [0.3, 0.4) is 0 Å². The van der Waals surface area contributed by atoms with E-state index in [4.69, 9.17) is 0 Å². The predicted molar refractivity (Wildman–Crippen MR) is 69.0 cm³/mol. The molecule has 1 aliphatic carbocycles. The Morgan fingerprint density at radius 1 is 0.952 bits per heavy atom. The lowest BCUT2D eigenvalue weighted by atomic mass is 10.1. The van der Waals surface area contributed by atoms with Crippen LogP contribution in [0.25, 0.3) is 0 Å². The van der Waals surface area contributed by atoms with Gasteiger partial charge in [0.2, 0.25) is 11.6 Å². The third-order valence-electron chi connectivity index (χ3n) is 3.26. The van der Waals surface area contributed by atoms with E-state index >= 15 is 0 Å². The third kappa shape index (κ3) is 2.35. The summed E-state index contributed by atoms with van der Waals surface area (Å²) >= 11 is 0. The maximum absolute atomic E-state index is 13.4. The highest BCUT2D eigenvalue weighted by molar-refractivity contribution is 6.04. The molecule has 3 rings (SSSR count). The van der Waals surface area contributed by atoms with Crippen LogP contribution in [0.15, 0.2) is 29.4 Å². The predicted octanol–water partition coefficient (Wildman–Crippen LogP) is 3.40. The fraction of sp³-hybridized carbons (Fsp3) is 0.143. The van der Waals surface area contributed by atoms with Gasteiger partial charge in [-0.2, -0.15) is 27.6 Å². The number of hydrogen-bond acceptors (Lipinski definition) is 3. The molecule has 1 N–H and O–H groups in total. The van der Waals surface area contributed by atoms with Crippen molar-refractivity contribution in [3.05, 3.63) is 58.9 Å². The van der Waals surface area contributed by atoms with Crippen LogP contribution in [0.1, 0.15) is 17.5 Å². The Labute approximate surface area is 117 Å². The molecule has 0 radical (unpaired) electrons. The van der Waals surface area contributed by atoms with Crippen molar-refractivity contribution < 1.29 is 17.6 Å². The summed E-state index contributed by atoms with van der Waals surface area (Å²) in [5.74, 6) is -6.65. The van der Waals surface area contributed by atoms with Gasteiger partial charge in [-0.3, -0.25) is 5.43 Å². The number of nitrogens with zero attached hydrogens (tertiary/aromatic N) is 2. The largest absolute Gasteiger partial charge is 0.272 e. The number of nitrogens with one attached hydrogen (secondary N) is 1. The number of halogens is 4. The molecule has 0 saturated heterocycles. The van der Waals surface area contributed by atoms with Gasteiger partial charge in [0.25, 0.3) is 11.9 Å². The summed E-state index contributed by atoms with van der Waals surface area (Å²) in [6.45, 7) is 0. The first-order valence-corrected chi connectivity index (χ1v) is 6.18. The molecular formula is C14H9F4N3. The Hall–Kier alpha value is -2.44. The number of aromatic nitrogens is 1. The van der Waals surface area contributed by atoms with E-state index in [1.165, 1.54) is 0 Å². The molecule has 0 unspecified atom stereocenters. The van der Waals surface area contributed by atoms with Crippen molar-refractivity contribution in [3.63, 3.8) is 0 Å². The van der Waals surface area contributed by atoms with Crippen molar-refractivity contribution in [2.75, 3.05) is 5.43 Å². The van der Waals surface area contributed by atoms with Gasteiger partial charge in [0.15, 0.2) is 0 Å². The normalized spacial score (nSPS) is 15.3. The smallest absolute Gasteiger partial charge is 0.254 e. The van der Waals surface area contributed by atoms with Crippen LogP contribution in [0.5, 0.6) is 0 Å². The summed E-state index contributed by atoms with van der Waals surface area (Å²) in [7, 11) is 0. The molecule has 7 heteroatoms. The van der Waals surface area contributed by atoms with E-state index in [2.05, 4.69) is 15.5 Å². The molecule has 0 spiro atoms. The van der Waals surface area contributed by atoms with Gasteiger partial charge in [0.1, 0.15) is 5.69 Å². The molecule has 0 fully saturated rings. The maximum Gasteiger partial charge on any atom is 0.254 e. The van der Waals surface area contributed by atoms with Gasteiger partial charge in [-0.15, -0.1) is 0 Å². The minimum absolute atomic E-state index is 0.571. The Balaban J connectivity index is 1.95. The van der Waals surface area contributed by atoms with Crippen molar-refractivity contribution in [2.24, 2.45) is 5.10 Å². The number of aryl methyl sites for hydroxylation is 1. The second-order valence-corrected chi connectivity index (χ2v) is 4.52. The molecule has 0 saturated carbocycles. The molecule has 1 aromatic heterocycles. The van der Waals surface area contributed by atoms with Gasteiger partial charge in [-0.1, -0.05) is 24.3 Å². The SMILES string of the molecule is Fc1nc(F)c(F)c(N/N=C2\CCc3ccccc32)c1F. The third-order valence-corrected chi connectivity index (χ3v) is 3.26. The molecule has 108 valence electrons. The second-order valence-electron chi connectivity index (χ2n) is 4.52. The first-order chi connectivity index (χ1) is 10.1. The standard InChI is InChI=1S/C14H9F4N3/c15-10-12(11(16)14(18)19-13(10)17)21-20-9-6-5-7-3-1-2-4-8(7)9/h1-4H,5-6H2,(H,19,21)/b20-9+. The molecule has 1 aromatic carbocycles. The van der Waals surface area contributed by atoms with Crippen LogP contribution < -0.4 is 5.43 Å². The van der Waals surface area contributed by atoms with E-state index in [-0.39, 0.29) is 0 Å². The van der Waals surface area contributed by atoms with Crippen molar-refractivity contribution in [2.45, 2.75) is 12.8 Å². The molecular weight excluding hydrogens is 286 g/mol. The Morgan fingerprint density at radius 3 is 2.33 bits per heavy atom. The first-order valence-electron chi connectivity index (χ1n) is 6.18. The Kier molecular flexibility index (Phi) is 3.32. The average Bonchev–Trinajstić information content (AvgIpc) is 2.89. The zero-order valence-corrected chi connectivity index (χ0v) is 10.6. The van der Waals surface area contributed by atoms with Crippen LogP contribution in [0.2, 0.25) is 0 Å². The molecule has 2 aromatic rings. The summed E-state index contributed by atoms with van der Waals surface area (Å²) in [5, 5.41) is 3.86. The average molecular weight is 295 g/mol. The molecule has 0 atom stereocenters. The molecule has 1 heterocycles. The number of hydrazone groups is 1. The Morgan fingerprint density at radius 2 is 1.62 bits per heavy atom. The number of fused-ring (bicyclic) bond motifs is 1. The highest BCUT2D eigenvalue weighted by atomic mass is 19.2. The molecule has 3 nitrogen and oxygen atoms in total. The van der Waals surface area contributed by atoms with E-state index in [1.807, 2.05) is 24.3 Å². The zero-order valence-electron chi connectivity index (χ0n) is 10.6. The van der Waals surface area contributed by atoms with Crippen LogP contribution in [0, 0.1) is 23.5 Å². The van der Waals surface area contributed by atoms with Gasteiger partial charge in [0.05, 0.1) is 5.71 Å². The van der Waals surface area contributed by atoms with Crippen LogP contribution in [-0.4, -0.2) is 10.7 Å². The molecule has 0 bridgehead atoms. The highest BCUT2D eigenvalue weighted by Crippen LogP contribution is 2.25. The Bertz CT molecular complexity index is 717. The topological polar surface area (TPSA) is 37.3 Å². The zero-order chi connectivity index (χ0) is 15.0. The number of hydrogen-bond donors (Lipinski definition) is 1. The summed E-state index contributed by atoms with van der Waals surface area (Å²) in [6, 6.07) is 7.43. The van der Waals surface area contributed by atoms with Gasteiger partial charge in [-0.25, -0.2) is 0 Å². The summed E-state index contributed by atoms with van der Waals surface area (Å²) < 4.78 is 52.8. The van der Waals surface area contributed by atoms with E-state index in [0.29, 0.717) is 12.1 Å². The lowest BCUT2D eigenvalue weighted by Gasteiger charge is -2.06. The highest BCUT2D eigenvalue weighted by Gasteiger charge is 2.22. The maximum atomic E-state index is 13.4. The number of benzene rings is 1. The van der Waals surface area contributed by atoms with Gasteiger partial charge in [-0.05, 0) is 18.4 Å². The van der Waals surface area contributed by atoms with Crippen molar-refractivity contribution in [1.82, 2.24) is 4.98 Å². The molecule has 0 aliphatic heterocycles. The van der Waals surface area contributed by atoms with E-state index in [0.717, 1.165) is 17.5 Å². The second kappa shape index (κ2) is 5.16. The van der Waals surface area contributed by atoms with Crippen molar-refractivity contribution in [1.29, 1.82) is 0 Å². The fourth-order valence-corrected chi connectivity index (χ4v) is 2.23. The fourth-order valence-electron chi connectivity index (χ4n) is 2.23. The van der Waals surface area contributed by atoms with Crippen molar-refractivity contribution >= 4 is 11.4 Å². The van der Waals surface area contributed by atoms with E-state index in [9.17, 15) is 17.6 Å². The van der Waals surface area contributed by atoms with E-state index < -0.39 is 29.2 Å². The quantitative estimate of drug-likeness (QED) is 0.524. The summed E-state index contributed by atoms with van der Waals surface area (Å²) in [5.41, 5.74) is 3.56. The number of rotatable bonds is 2. The number of pyridine rings is 1. The summed E-state index contributed by atoms with van der Waals surface area (Å²) in [4.78, 5) is 2.48. The summed E-state index contributed by atoms with van der Waals surface area (Å²) in [6.07, 6.45) is 1.33. The van der Waals surface area contributed by atoms with Gasteiger partial charge >= 0.3 is 0 Å². The van der Waals surface area contributed by atoms with Gasteiger partial charge in [0, 0.05) is 5.56 Å². The lowest BCUT2D eigenvalue weighted by molar-refractivity contribution is 0.411. The lowest BCUT2D eigenvalue weighted by Crippen LogP contribution is -2.07. The van der Waals surface area contributed by atoms with E-state index in [1.54, 1.807) is 0 Å². The van der Waals surface area contributed by atoms with Crippen molar-refractivity contribution in [3.8, 4) is 0 Å². The van der Waals surface area contributed by atoms with Crippen LogP contribution in [-0.2, 0) is 6.42 Å². The minimum Gasteiger partial charge on any atom is -0.272 e. The van der Waals surface area contributed by atoms with Crippen LogP contribution >= 0.6 is 0 Å². The number of anilines is 1. The monoisotopic (exact) mass is 295 g/mol. The van der Waals surface area contributed by atoms with Gasteiger partial charge < -0.3 is 0 Å². The van der Waals surface area contributed by atoms with Crippen LogP contribution in [0.4, 0.5) is 23.2 Å². The minimum atomic E-state index is -1.72. The first kappa shape index (κ1) is 13.5. The molecule has 0 amide bonds. The molecule has 1 aliphatic rings. The molecule has 21 heavy (non-hydrogen) atoms.